The van der Waals surface area contributed by atoms with Crippen LogP contribution in [-0.2, 0) is 4.79 Å². The molecule has 10 nitrogen and oxygen atoms in total. The molecule has 0 saturated heterocycles. The van der Waals surface area contributed by atoms with E-state index in [-0.39, 0.29) is 11.4 Å². The molecular formula is C23H19N5O5. The lowest BCUT2D eigenvalue weighted by Gasteiger charge is -2.13. The minimum atomic E-state index is -1.36. The molecule has 2 heterocycles. The molecule has 166 valence electrons. The number of hydrogen-bond acceptors (Lipinski definition) is 6. The van der Waals surface area contributed by atoms with Gasteiger partial charge < -0.3 is 15.7 Å². The van der Waals surface area contributed by atoms with E-state index in [0.29, 0.717) is 11.3 Å². The van der Waals surface area contributed by atoms with Crippen LogP contribution in [0.4, 0.5) is 10.6 Å². The van der Waals surface area contributed by atoms with Crippen molar-refractivity contribution in [1.29, 1.82) is 0 Å². The fraction of sp³-hybridized carbons (Fsp3) is 0.0870. The third kappa shape index (κ3) is 6.36. The van der Waals surface area contributed by atoms with E-state index in [0.717, 1.165) is 11.1 Å². The van der Waals surface area contributed by atoms with E-state index in [1.165, 1.54) is 24.5 Å². The van der Waals surface area contributed by atoms with Crippen LogP contribution < -0.4 is 16.1 Å². The predicted molar refractivity (Wildman–Crippen MR) is 118 cm³/mol. The average molecular weight is 445 g/mol. The second kappa shape index (κ2) is 10.5. The summed E-state index contributed by atoms with van der Waals surface area (Å²) in [5.74, 6) is 4.57. The fourth-order valence-corrected chi connectivity index (χ4v) is 2.73. The lowest BCUT2D eigenvalue weighted by molar-refractivity contribution is -0.117. The second-order valence-electron chi connectivity index (χ2n) is 6.80. The summed E-state index contributed by atoms with van der Waals surface area (Å²) < 4.78 is 0. The molecule has 1 atom stereocenters. The first-order chi connectivity index (χ1) is 15.9. The summed E-state index contributed by atoms with van der Waals surface area (Å²) in [7, 11) is 0. The van der Waals surface area contributed by atoms with Gasteiger partial charge in [-0.1, -0.05) is 24.0 Å². The van der Waals surface area contributed by atoms with Crippen LogP contribution in [0.3, 0.4) is 0 Å². The van der Waals surface area contributed by atoms with Crippen LogP contribution in [0.2, 0.25) is 0 Å². The third-order valence-corrected chi connectivity index (χ3v) is 4.37. The lowest BCUT2D eigenvalue weighted by Crippen LogP contribution is -2.41. The maximum absolute atomic E-state index is 12.2. The number of aromatic nitrogens is 2. The van der Waals surface area contributed by atoms with E-state index in [1.807, 2.05) is 11.4 Å². The van der Waals surface area contributed by atoms with Crippen LogP contribution in [-0.4, -0.2) is 44.2 Å². The molecule has 33 heavy (non-hydrogen) atoms. The Morgan fingerprint density at radius 2 is 1.76 bits per heavy atom. The Balaban J connectivity index is 1.87. The van der Waals surface area contributed by atoms with Gasteiger partial charge >= 0.3 is 6.09 Å². The Kier molecular flexibility index (Phi) is 7.31. The van der Waals surface area contributed by atoms with Gasteiger partial charge in [0.15, 0.2) is 0 Å². The van der Waals surface area contributed by atoms with E-state index in [2.05, 4.69) is 27.1 Å². The number of benzene rings is 1. The minimum Gasteiger partial charge on any atom is -0.465 e. The molecule has 0 aliphatic carbocycles. The summed E-state index contributed by atoms with van der Waals surface area (Å²) in [6, 6.07) is 12.3. The van der Waals surface area contributed by atoms with Crippen molar-refractivity contribution < 1.29 is 24.7 Å². The number of hydrogen-bond donors (Lipinski definition) is 5. The van der Waals surface area contributed by atoms with Crippen LogP contribution in [0.5, 0.6) is 0 Å². The van der Waals surface area contributed by atoms with Crippen LogP contribution in [0, 0.1) is 11.8 Å². The zero-order chi connectivity index (χ0) is 23.8. The van der Waals surface area contributed by atoms with Crippen molar-refractivity contribution in [3.8, 4) is 23.1 Å². The van der Waals surface area contributed by atoms with Crippen LogP contribution in [0.1, 0.15) is 28.4 Å². The molecule has 3 aromatic rings. The van der Waals surface area contributed by atoms with Crippen LogP contribution in [0.25, 0.3) is 11.3 Å². The number of hydroxylamine groups is 1. The number of carbonyl (C=O) groups excluding carboxylic acids is 2. The van der Waals surface area contributed by atoms with Crippen molar-refractivity contribution in [1.82, 2.24) is 20.8 Å². The largest absolute Gasteiger partial charge is 0.465 e. The Labute approximate surface area is 188 Å². The topological polar surface area (TPSA) is 154 Å². The minimum absolute atomic E-state index is 0.00980. The maximum Gasteiger partial charge on any atom is 0.405 e. The van der Waals surface area contributed by atoms with Gasteiger partial charge in [0.1, 0.15) is 11.9 Å². The predicted octanol–water partition coefficient (Wildman–Crippen LogP) is 2.26. The normalized spacial score (nSPS) is 10.8. The van der Waals surface area contributed by atoms with Gasteiger partial charge in [-0.3, -0.25) is 19.8 Å². The highest BCUT2D eigenvalue weighted by atomic mass is 16.5. The Morgan fingerprint density at radius 3 is 2.39 bits per heavy atom. The van der Waals surface area contributed by atoms with E-state index in [1.54, 1.807) is 42.7 Å². The van der Waals surface area contributed by atoms with E-state index < -0.39 is 23.9 Å². The van der Waals surface area contributed by atoms with Gasteiger partial charge in [-0.2, -0.15) is 0 Å². The summed E-state index contributed by atoms with van der Waals surface area (Å²) in [6.45, 7) is 1.36. The summed E-state index contributed by atoms with van der Waals surface area (Å²) in [5, 5.41) is 22.3. The summed E-state index contributed by atoms with van der Waals surface area (Å²) in [5.41, 5.74) is 4.07. The van der Waals surface area contributed by atoms with Crippen molar-refractivity contribution >= 4 is 23.7 Å². The SMILES string of the molecule is C[C@H](NC(=O)O)C(=O)Nc1cc(C(=O)NO)cc(-c2ccc(C#Cc3cccnc3)cc2)n1. The van der Waals surface area contributed by atoms with Crippen molar-refractivity contribution in [3.63, 3.8) is 0 Å². The number of nitrogens with zero attached hydrogens (tertiary/aromatic N) is 2. The van der Waals surface area contributed by atoms with Gasteiger partial charge in [-0.15, -0.1) is 0 Å². The molecular weight excluding hydrogens is 426 g/mol. The molecule has 0 radical (unpaired) electrons. The van der Waals surface area contributed by atoms with Crippen LogP contribution >= 0.6 is 0 Å². The van der Waals surface area contributed by atoms with E-state index >= 15 is 0 Å². The Bertz CT molecular complexity index is 1230. The molecule has 0 bridgehead atoms. The third-order valence-electron chi connectivity index (χ3n) is 4.37. The Morgan fingerprint density at radius 1 is 1.03 bits per heavy atom. The molecule has 0 fully saturated rings. The number of carbonyl (C=O) groups is 3. The molecule has 2 aromatic heterocycles. The smallest absolute Gasteiger partial charge is 0.405 e. The molecule has 3 rings (SSSR count). The monoisotopic (exact) mass is 445 g/mol. The summed E-state index contributed by atoms with van der Waals surface area (Å²) in [6.07, 6.45) is 1.97. The second-order valence-corrected chi connectivity index (χ2v) is 6.80. The number of pyridine rings is 2. The Hall–Kier alpha value is -4.75. The van der Waals surface area contributed by atoms with Crippen molar-refractivity contribution in [2.75, 3.05) is 5.32 Å². The van der Waals surface area contributed by atoms with Gasteiger partial charge in [0.25, 0.3) is 5.91 Å². The molecule has 3 amide bonds. The molecule has 0 unspecified atom stereocenters. The first-order valence-corrected chi connectivity index (χ1v) is 9.65. The molecule has 0 spiro atoms. The zero-order valence-electron chi connectivity index (χ0n) is 17.4. The molecule has 0 saturated carbocycles. The van der Waals surface area contributed by atoms with E-state index in [9.17, 15) is 14.4 Å². The average Bonchev–Trinajstić information content (AvgIpc) is 2.82. The summed E-state index contributed by atoms with van der Waals surface area (Å²) in [4.78, 5) is 43.3. The number of nitrogens with one attached hydrogen (secondary N) is 3. The standard InChI is InChI=1S/C23H19N5O5/c1-14(25-23(31)32)21(29)27-20-12-18(22(30)28-33)11-19(26-20)17-8-6-15(7-9-17)4-5-16-3-2-10-24-13-16/h2-3,6-14,25,33H,1H3,(H,28,30)(H,31,32)(H,26,27,29)/t14-/m0/s1. The summed E-state index contributed by atoms with van der Waals surface area (Å²) >= 11 is 0. The fourth-order valence-electron chi connectivity index (χ4n) is 2.73. The highest BCUT2D eigenvalue weighted by Gasteiger charge is 2.17. The molecule has 5 N–H and O–H groups in total. The number of carboxylic acid groups (broad SMARTS) is 1. The van der Waals surface area contributed by atoms with Gasteiger partial charge in [-0.25, -0.2) is 15.3 Å². The first kappa shape index (κ1) is 22.9. The van der Waals surface area contributed by atoms with Gasteiger partial charge in [0, 0.05) is 34.6 Å². The molecule has 1 aromatic carbocycles. The first-order valence-electron chi connectivity index (χ1n) is 9.65. The van der Waals surface area contributed by atoms with Crippen molar-refractivity contribution in [3.05, 3.63) is 77.6 Å². The van der Waals surface area contributed by atoms with Gasteiger partial charge in [0.2, 0.25) is 5.91 Å². The zero-order valence-corrected chi connectivity index (χ0v) is 17.4. The molecule has 0 aliphatic rings. The maximum atomic E-state index is 12.2. The van der Waals surface area contributed by atoms with Gasteiger partial charge in [-0.05, 0) is 43.3 Å². The van der Waals surface area contributed by atoms with Crippen molar-refractivity contribution in [2.24, 2.45) is 0 Å². The quantitative estimate of drug-likeness (QED) is 0.229. The highest BCUT2D eigenvalue weighted by molar-refractivity contribution is 5.99. The van der Waals surface area contributed by atoms with Gasteiger partial charge in [0.05, 0.1) is 5.69 Å². The van der Waals surface area contributed by atoms with E-state index in [4.69, 9.17) is 10.3 Å². The molecule has 0 aliphatic heterocycles. The highest BCUT2D eigenvalue weighted by Crippen LogP contribution is 2.22. The van der Waals surface area contributed by atoms with Crippen molar-refractivity contribution in [2.45, 2.75) is 13.0 Å². The lowest BCUT2D eigenvalue weighted by atomic mass is 10.1. The number of anilines is 1. The number of rotatable bonds is 5. The number of amides is 3. The van der Waals surface area contributed by atoms with Crippen LogP contribution in [0.15, 0.2) is 60.9 Å². The molecule has 10 heteroatoms.